The molecule has 0 aliphatic rings. The normalized spacial score (nSPS) is 11.2. The van der Waals surface area contributed by atoms with Gasteiger partial charge in [-0.2, -0.15) is 5.10 Å². The van der Waals surface area contributed by atoms with E-state index in [1.807, 2.05) is 26.2 Å². The van der Waals surface area contributed by atoms with Gasteiger partial charge in [-0.1, -0.05) is 13.8 Å². The van der Waals surface area contributed by atoms with Crippen LogP contribution in [0.25, 0.3) is 5.95 Å². The van der Waals surface area contributed by atoms with Crippen LogP contribution in [0.2, 0.25) is 0 Å². The van der Waals surface area contributed by atoms with Crippen molar-refractivity contribution in [2.45, 2.75) is 34.2 Å². The van der Waals surface area contributed by atoms with Crippen LogP contribution < -0.4 is 5.32 Å². The molecule has 0 atom stereocenters. The Morgan fingerprint density at radius 2 is 2.05 bits per heavy atom. The van der Waals surface area contributed by atoms with Gasteiger partial charge in [0.1, 0.15) is 0 Å². The molecule has 5 nitrogen and oxygen atoms in total. The molecule has 0 bridgehead atoms. The van der Waals surface area contributed by atoms with E-state index in [1.54, 1.807) is 10.9 Å². The molecule has 0 spiro atoms. The quantitative estimate of drug-likeness (QED) is 0.892. The zero-order valence-corrected chi connectivity index (χ0v) is 12.0. The van der Waals surface area contributed by atoms with Gasteiger partial charge >= 0.3 is 0 Å². The summed E-state index contributed by atoms with van der Waals surface area (Å²) in [5, 5.41) is 7.62. The fraction of sp³-hybridized carbons (Fsp3) is 0.500. The number of nitrogens with one attached hydrogen (secondary N) is 1. The second-order valence-electron chi connectivity index (χ2n) is 5.27. The minimum absolute atomic E-state index is 0.623. The molecule has 2 aromatic rings. The third-order valence-electron chi connectivity index (χ3n) is 2.85. The van der Waals surface area contributed by atoms with Crippen LogP contribution in [0.15, 0.2) is 18.6 Å². The fourth-order valence-corrected chi connectivity index (χ4v) is 1.78. The van der Waals surface area contributed by atoms with Crippen LogP contribution in [0.5, 0.6) is 0 Å². The molecular weight excluding hydrogens is 238 g/mol. The average Bonchev–Trinajstić information content (AvgIpc) is 2.77. The Morgan fingerprint density at radius 1 is 1.26 bits per heavy atom. The highest BCUT2D eigenvalue weighted by Crippen LogP contribution is 2.07. The van der Waals surface area contributed by atoms with E-state index in [2.05, 4.69) is 34.2 Å². The first-order chi connectivity index (χ1) is 9.06. The van der Waals surface area contributed by atoms with Crippen LogP contribution in [0.4, 0.5) is 0 Å². The van der Waals surface area contributed by atoms with Gasteiger partial charge in [0.05, 0.1) is 6.20 Å². The highest BCUT2D eigenvalue weighted by Gasteiger charge is 2.06. The highest BCUT2D eigenvalue weighted by molar-refractivity contribution is 5.22. The molecule has 5 heteroatoms. The summed E-state index contributed by atoms with van der Waals surface area (Å²) in [5.74, 6) is 1.27. The zero-order valence-electron chi connectivity index (χ0n) is 12.0. The van der Waals surface area contributed by atoms with E-state index in [-0.39, 0.29) is 0 Å². The van der Waals surface area contributed by atoms with Crippen LogP contribution >= 0.6 is 0 Å². The largest absolute Gasteiger partial charge is 0.312 e. The molecule has 0 unspecified atom stereocenters. The molecule has 0 saturated carbocycles. The van der Waals surface area contributed by atoms with Gasteiger partial charge < -0.3 is 5.32 Å². The molecular formula is C14H21N5. The van der Waals surface area contributed by atoms with E-state index in [0.717, 1.165) is 29.9 Å². The molecule has 2 aromatic heterocycles. The van der Waals surface area contributed by atoms with Gasteiger partial charge in [-0.15, -0.1) is 0 Å². The lowest BCUT2D eigenvalue weighted by molar-refractivity contribution is 0.550. The Balaban J connectivity index is 2.09. The molecule has 0 saturated heterocycles. The van der Waals surface area contributed by atoms with Crippen molar-refractivity contribution in [1.82, 2.24) is 25.1 Å². The number of aryl methyl sites for hydroxylation is 2. The molecule has 0 aliphatic heterocycles. The Kier molecular flexibility index (Phi) is 4.27. The molecule has 2 rings (SSSR count). The van der Waals surface area contributed by atoms with E-state index in [0.29, 0.717) is 11.9 Å². The molecule has 19 heavy (non-hydrogen) atoms. The monoisotopic (exact) mass is 259 g/mol. The first kappa shape index (κ1) is 13.7. The van der Waals surface area contributed by atoms with Gasteiger partial charge in [-0.25, -0.2) is 14.6 Å². The molecule has 2 heterocycles. The third-order valence-corrected chi connectivity index (χ3v) is 2.85. The summed E-state index contributed by atoms with van der Waals surface area (Å²) in [6, 6.07) is 0. The van der Waals surface area contributed by atoms with Crippen molar-refractivity contribution in [2.24, 2.45) is 5.92 Å². The Hall–Kier alpha value is -1.75. The first-order valence-corrected chi connectivity index (χ1v) is 6.61. The van der Waals surface area contributed by atoms with Crippen molar-refractivity contribution in [3.05, 3.63) is 35.4 Å². The van der Waals surface area contributed by atoms with Crippen molar-refractivity contribution in [3.8, 4) is 5.95 Å². The topological polar surface area (TPSA) is 55.6 Å². The number of aromatic nitrogens is 4. The zero-order chi connectivity index (χ0) is 13.8. The predicted octanol–water partition coefficient (Wildman–Crippen LogP) is 2.02. The predicted molar refractivity (Wildman–Crippen MR) is 75.2 cm³/mol. The van der Waals surface area contributed by atoms with Gasteiger partial charge in [0.15, 0.2) is 0 Å². The van der Waals surface area contributed by atoms with Crippen LogP contribution in [-0.2, 0) is 6.54 Å². The lowest BCUT2D eigenvalue weighted by atomic mass is 10.2. The second kappa shape index (κ2) is 5.93. The van der Waals surface area contributed by atoms with Crippen LogP contribution in [0, 0.1) is 19.8 Å². The summed E-state index contributed by atoms with van der Waals surface area (Å²) in [6.07, 6.45) is 5.60. The number of nitrogens with zero attached hydrogens (tertiary/aromatic N) is 4. The second-order valence-corrected chi connectivity index (χ2v) is 5.27. The summed E-state index contributed by atoms with van der Waals surface area (Å²) in [5.41, 5.74) is 3.23. The van der Waals surface area contributed by atoms with Crippen LogP contribution in [-0.4, -0.2) is 26.3 Å². The minimum atomic E-state index is 0.623. The van der Waals surface area contributed by atoms with Crippen molar-refractivity contribution in [1.29, 1.82) is 0 Å². The maximum atomic E-state index is 4.50. The SMILES string of the molecule is Cc1cnn(-c2ncc(CNCC(C)C)c(C)n2)c1. The maximum absolute atomic E-state index is 4.50. The van der Waals surface area contributed by atoms with Gasteiger partial charge in [0.2, 0.25) is 0 Å². The van der Waals surface area contributed by atoms with E-state index < -0.39 is 0 Å². The van der Waals surface area contributed by atoms with Crippen molar-refractivity contribution in [2.75, 3.05) is 6.54 Å². The van der Waals surface area contributed by atoms with Gasteiger partial charge in [-0.05, 0) is 31.9 Å². The number of hydrogen-bond acceptors (Lipinski definition) is 4. The third kappa shape index (κ3) is 3.61. The first-order valence-electron chi connectivity index (χ1n) is 6.61. The Morgan fingerprint density at radius 3 is 2.63 bits per heavy atom. The van der Waals surface area contributed by atoms with E-state index >= 15 is 0 Å². The van der Waals surface area contributed by atoms with Crippen molar-refractivity contribution < 1.29 is 0 Å². The molecule has 0 aliphatic carbocycles. The maximum Gasteiger partial charge on any atom is 0.250 e. The molecule has 0 amide bonds. The molecule has 1 N–H and O–H groups in total. The summed E-state index contributed by atoms with van der Waals surface area (Å²) in [6.45, 7) is 10.2. The minimum Gasteiger partial charge on any atom is -0.312 e. The molecule has 0 fully saturated rings. The van der Waals surface area contributed by atoms with Gasteiger partial charge in [0, 0.05) is 30.2 Å². The van der Waals surface area contributed by atoms with Gasteiger partial charge in [0.25, 0.3) is 5.95 Å². The molecule has 0 radical (unpaired) electrons. The fourth-order valence-electron chi connectivity index (χ4n) is 1.78. The summed E-state index contributed by atoms with van der Waals surface area (Å²) < 4.78 is 1.70. The number of hydrogen-bond donors (Lipinski definition) is 1. The van der Waals surface area contributed by atoms with Crippen molar-refractivity contribution in [3.63, 3.8) is 0 Å². The van der Waals surface area contributed by atoms with E-state index in [1.165, 1.54) is 0 Å². The molecule has 102 valence electrons. The number of rotatable bonds is 5. The lowest BCUT2D eigenvalue weighted by Gasteiger charge is -2.09. The average molecular weight is 259 g/mol. The highest BCUT2D eigenvalue weighted by atomic mass is 15.3. The van der Waals surface area contributed by atoms with Crippen LogP contribution in [0.3, 0.4) is 0 Å². The Labute approximate surface area is 114 Å². The summed E-state index contributed by atoms with van der Waals surface area (Å²) in [7, 11) is 0. The standard InChI is InChI=1S/C14H21N5/c1-10(2)5-15-7-13-8-16-14(18-12(13)4)19-9-11(3)6-17-19/h6,8-10,15H,5,7H2,1-4H3. The van der Waals surface area contributed by atoms with Gasteiger partial charge in [-0.3, -0.25) is 0 Å². The Bertz CT molecular complexity index is 545. The van der Waals surface area contributed by atoms with E-state index in [4.69, 9.17) is 0 Å². The summed E-state index contributed by atoms with van der Waals surface area (Å²) >= 11 is 0. The van der Waals surface area contributed by atoms with Crippen molar-refractivity contribution >= 4 is 0 Å². The lowest BCUT2D eigenvalue weighted by Crippen LogP contribution is -2.20. The smallest absolute Gasteiger partial charge is 0.250 e. The molecule has 0 aromatic carbocycles. The summed E-state index contributed by atoms with van der Waals surface area (Å²) in [4.78, 5) is 8.87. The van der Waals surface area contributed by atoms with Crippen LogP contribution in [0.1, 0.15) is 30.7 Å². The van der Waals surface area contributed by atoms with E-state index in [9.17, 15) is 0 Å².